The standard InChI is InChI=1S/C36H35Cl3F3N3O4S/c1-23(2)20-43-35(47)33(18-25-7-5-4-6-8-25)44(21-26-11-15-31(38)32(39)17-26)34(46)22-45(50(48,49)28-13-9-24(3)10-14-28)27-12-16-30(37)29(19-27)36(40,41)42/h4-17,19,23,33H,18,20-22H2,1-3H3,(H,43,47)/t33-/m0/s1. The third kappa shape index (κ3) is 9.93. The second-order valence-corrected chi connectivity index (χ2v) is 15.2. The number of hydrogen-bond donors (Lipinski definition) is 1. The van der Waals surface area contributed by atoms with Crippen molar-refractivity contribution in [1.82, 2.24) is 10.2 Å². The van der Waals surface area contributed by atoms with Gasteiger partial charge in [-0.1, -0.05) is 103 Å². The summed E-state index contributed by atoms with van der Waals surface area (Å²) in [6, 6.07) is 20.7. The molecular weight excluding hydrogens is 734 g/mol. The summed E-state index contributed by atoms with van der Waals surface area (Å²) in [6.45, 7) is 4.66. The second kappa shape index (κ2) is 16.5. The van der Waals surface area contributed by atoms with Gasteiger partial charge >= 0.3 is 6.18 Å². The first-order valence-electron chi connectivity index (χ1n) is 15.5. The number of benzene rings is 4. The maximum absolute atomic E-state index is 14.6. The fraction of sp³-hybridized carbons (Fsp3) is 0.278. The summed E-state index contributed by atoms with van der Waals surface area (Å²) >= 11 is 18.3. The molecule has 50 heavy (non-hydrogen) atoms. The van der Waals surface area contributed by atoms with Gasteiger partial charge < -0.3 is 10.2 Å². The molecule has 0 saturated carbocycles. The lowest BCUT2D eigenvalue weighted by Crippen LogP contribution is -2.53. The molecule has 0 spiro atoms. The van der Waals surface area contributed by atoms with Crippen molar-refractivity contribution in [3.05, 3.63) is 128 Å². The van der Waals surface area contributed by atoms with Crippen molar-refractivity contribution in [2.45, 2.75) is 50.9 Å². The van der Waals surface area contributed by atoms with Crippen LogP contribution in [0.4, 0.5) is 18.9 Å². The number of halogens is 6. The van der Waals surface area contributed by atoms with E-state index in [0.717, 1.165) is 17.7 Å². The molecule has 4 rings (SSSR count). The molecular formula is C36H35Cl3F3N3O4S. The number of sulfonamides is 1. The minimum absolute atomic E-state index is 0.0434. The minimum Gasteiger partial charge on any atom is -0.354 e. The monoisotopic (exact) mass is 767 g/mol. The predicted molar refractivity (Wildman–Crippen MR) is 191 cm³/mol. The zero-order valence-corrected chi connectivity index (χ0v) is 30.4. The highest BCUT2D eigenvalue weighted by Crippen LogP contribution is 2.38. The maximum Gasteiger partial charge on any atom is 0.417 e. The average molecular weight is 769 g/mol. The Hall–Kier alpha value is -3.77. The van der Waals surface area contributed by atoms with Crippen LogP contribution in [-0.2, 0) is 38.8 Å². The molecule has 1 atom stereocenters. The molecule has 0 aromatic heterocycles. The van der Waals surface area contributed by atoms with Crippen LogP contribution in [0.5, 0.6) is 0 Å². The first-order valence-corrected chi connectivity index (χ1v) is 18.1. The molecule has 266 valence electrons. The quantitative estimate of drug-likeness (QED) is 0.148. The van der Waals surface area contributed by atoms with Crippen molar-refractivity contribution in [2.75, 3.05) is 17.4 Å². The van der Waals surface area contributed by atoms with Crippen molar-refractivity contribution in [2.24, 2.45) is 5.92 Å². The van der Waals surface area contributed by atoms with Crippen molar-refractivity contribution in [3.8, 4) is 0 Å². The van der Waals surface area contributed by atoms with Gasteiger partial charge in [0.15, 0.2) is 0 Å². The Balaban J connectivity index is 1.87. The third-order valence-corrected chi connectivity index (χ3v) is 10.6. The van der Waals surface area contributed by atoms with E-state index >= 15 is 0 Å². The molecule has 0 fully saturated rings. The fourth-order valence-electron chi connectivity index (χ4n) is 5.06. The molecule has 0 heterocycles. The van der Waals surface area contributed by atoms with Gasteiger partial charge in [0.1, 0.15) is 12.6 Å². The van der Waals surface area contributed by atoms with Gasteiger partial charge in [0, 0.05) is 19.5 Å². The second-order valence-electron chi connectivity index (χ2n) is 12.1. The van der Waals surface area contributed by atoms with Gasteiger partial charge in [0.2, 0.25) is 11.8 Å². The van der Waals surface area contributed by atoms with Crippen LogP contribution >= 0.6 is 34.8 Å². The highest BCUT2D eigenvalue weighted by molar-refractivity contribution is 7.92. The van der Waals surface area contributed by atoms with Gasteiger partial charge in [0.25, 0.3) is 10.0 Å². The van der Waals surface area contributed by atoms with E-state index in [-0.39, 0.29) is 40.4 Å². The van der Waals surface area contributed by atoms with Gasteiger partial charge in [-0.25, -0.2) is 8.42 Å². The summed E-state index contributed by atoms with van der Waals surface area (Å²) in [4.78, 5) is 29.4. The number of hydrogen-bond acceptors (Lipinski definition) is 4. The minimum atomic E-state index is -4.93. The van der Waals surface area contributed by atoms with Gasteiger partial charge in [-0.15, -0.1) is 0 Å². The SMILES string of the molecule is Cc1ccc(S(=O)(=O)N(CC(=O)N(Cc2ccc(Cl)c(Cl)c2)[C@@H](Cc2ccccc2)C(=O)NCC(C)C)c2ccc(Cl)c(C(F)(F)F)c2)cc1. The highest BCUT2D eigenvalue weighted by atomic mass is 35.5. The van der Waals surface area contributed by atoms with E-state index in [2.05, 4.69) is 5.32 Å². The van der Waals surface area contributed by atoms with E-state index in [9.17, 15) is 31.2 Å². The Morgan fingerprint density at radius 1 is 0.820 bits per heavy atom. The summed E-state index contributed by atoms with van der Waals surface area (Å²) in [5.74, 6) is -1.30. The Bertz CT molecular complexity index is 1930. The number of alkyl halides is 3. The topological polar surface area (TPSA) is 86.8 Å². The number of rotatable bonds is 13. The van der Waals surface area contributed by atoms with Crippen LogP contribution in [0.1, 0.15) is 36.1 Å². The number of carbonyl (C=O) groups excluding carboxylic acids is 2. The molecule has 4 aromatic rings. The van der Waals surface area contributed by atoms with Crippen LogP contribution in [0, 0.1) is 12.8 Å². The first-order chi connectivity index (χ1) is 23.5. The van der Waals surface area contributed by atoms with Crippen molar-refractivity contribution < 1.29 is 31.2 Å². The summed E-state index contributed by atoms with van der Waals surface area (Å²) in [6.07, 6.45) is -4.88. The molecule has 14 heteroatoms. The molecule has 0 unspecified atom stereocenters. The maximum atomic E-state index is 14.6. The molecule has 4 aromatic carbocycles. The lowest BCUT2D eigenvalue weighted by molar-refractivity contribution is -0.140. The van der Waals surface area contributed by atoms with Crippen molar-refractivity contribution in [1.29, 1.82) is 0 Å². The van der Waals surface area contributed by atoms with E-state index in [1.165, 1.54) is 41.3 Å². The van der Waals surface area contributed by atoms with E-state index in [1.807, 2.05) is 13.8 Å². The van der Waals surface area contributed by atoms with E-state index in [1.54, 1.807) is 43.3 Å². The van der Waals surface area contributed by atoms with E-state index in [0.29, 0.717) is 21.5 Å². The number of amides is 2. The molecule has 0 saturated heterocycles. The van der Waals surface area contributed by atoms with Gasteiger partial charge in [0.05, 0.1) is 31.2 Å². The Morgan fingerprint density at radius 2 is 1.46 bits per heavy atom. The third-order valence-electron chi connectivity index (χ3n) is 7.72. The normalized spacial score (nSPS) is 12.4. The average Bonchev–Trinajstić information content (AvgIpc) is 3.06. The van der Waals surface area contributed by atoms with Crippen molar-refractivity contribution in [3.63, 3.8) is 0 Å². The summed E-state index contributed by atoms with van der Waals surface area (Å²) in [5.41, 5.74) is 0.188. The zero-order valence-electron chi connectivity index (χ0n) is 27.3. The largest absolute Gasteiger partial charge is 0.417 e. The van der Waals surface area contributed by atoms with Crippen LogP contribution < -0.4 is 9.62 Å². The Morgan fingerprint density at radius 3 is 2.06 bits per heavy atom. The summed E-state index contributed by atoms with van der Waals surface area (Å²) in [7, 11) is -4.65. The van der Waals surface area contributed by atoms with Crippen LogP contribution in [-0.4, -0.2) is 44.3 Å². The highest BCUT2D eigenvalue weighted by Gasteiger charge is 2.37. The van der Waals surface area contributed by atoms with Crippen LogP contribution in [0.3, 0.4) is 0 Å². The molecule has 0 aliphatic carbocycles. The number of carbonyl (C=O) groups is 2. The zero-order chi connectivity index (χ0) is 36.8. The van der Waals surface area contributed by atoms with Crippen LogP contribution in [0.15, 0.2) is 95.9 Å². The van der Waals surface area contributed by atoms with Gasteiger partial charge in [-0.05, 0) is 66.4 Å². The number of anilines is 1. The predicted octanol–water partition coefficient (Wildman–Crippen LogP) is 8.58. The van der Waals surface area contributed by atoms with Crippen molar-refractivity contribution >= 4 is 62.3 Å². The van der Waals surface area contributed by atoms with E-state index in [4.69, 9.17) is 34.8 Å². The molecule has 0 radical (unpaired) electrons. The fourth-order valence-corrected chi connectivity index (χ4v) is 7.01. The lowest BCUT2D eigenvalue weighted by Gasteiger charge is -2.34. The van der Waals surface area contributed by atoms with Crippen LogP contribution in [0.2, 0.25) is 15.1 Å². The van der Waals surface area contributed by atoms with Crippen LogP contribution in [0.25, 0.3) is 0 Å². The molecule has 0 bridgehead atoms. The summed E-state index contributed by atoms with van der Waals surface area (Å²) in [5, 5.41) is 2.66. The Kier molecular flexibility index (Phi) is 12.9. The Labute approximate surface area is 305 Å². The van der Waals surface area contributed by atoms with Gasteiger partial charge in [-0.2, -0.15) is 13.2 Å². The number of nitrogens with zero attached hydrogens (tertiary/aromatic N) is 2. The number of aryl methyl sites for hydroxylation is 1. The molecule has 2 amide bonds. The van der Waals surface area contributed by atoms with E-state index < -0.39 is 56.9 Å². The molecule has 0 aliphatic heterocycles. The smallest absolute Gasteiger partial charge is 0.354 e. The number of nitrogens with one attached hydrogen (secondary N) is 1. The molecule has 1 N–H and O–H groups in total. The summed E-state index contributed by atoms with van der Waals surface area (Å²) < 4.78 is 70.9. The first kappa shape index (κ1) is 39.0. The lowest BCUT2D eigenvalue weighted by atomic mass is 10.0. The molecule has 0 aliphatic rings. The molecule has 7 nitrogen and oxygen atoms in total. The van der Waals surface area contributed by atoms with Gasteiger partial charge in [-0.3, -0.25) is 13.9 Å².